The highest BCUT2D eigenvalue weighted by atomic mass is 16.2. The van der Waals surface area contributed by atoms with Crippen molar-refractivity contribution < 1.29 is 4.79 Å². The van der Waals surface area contributed by atoms with Crippen LogP contribution in [0.25, 0.3) is 0 Å². The van der Waals surface area contributed by atoms with Crippen LogP contribution in [0.5, 0.6) is 0 Å². The maximum Gasteiger partial charge on any atom is 0.222 e. The van der Waals surface area contributed by atoms with Crippen molar-refractivity contribution in [3.63, 3.8) is 0 Å². The molecule has 0 spiro atoms. The van der Waals surface area contributed by atoms with Gasteiger partial charge in [-0.25, -0.2) is 0 Å². The number of nitrogens with zero attached hydrogens (tertiary/aromatic N) is 8. The fourth-order valence-electron chi connectivity index (χ4n) is 12.3. The first kappa shape index (κ1) is 71.2. The number of piperazine rings is 4. The number of amides is 1. The van der Waals surface area contributed by atoms with E-state index in [1.165, 1.54) is 130 Å². The molecule has 0 radical (unpaired) electrons. The molecule has 10 aliphatic rings. The highest BCUT2D eigenvalue weighted by Gasteiger charge is 2.40. The van der Waals surface area contributed by atoms with Crippen molar-refractivity contribution in [1.82, 2.24) is 44.5 Å². The van der Waals surface area contributed by atoms with Crippen LogP contribution in [0.15, 0.2) is 0 Å². The molecule has 7 unspecified atom stereocenters. The van der Waals surface area contributed by atoms with E-state index in [9.17, 15) is 4.79 Å². The van der Waals surface area contributed by atoms with Gasteiger partial charge in [0.25, 0.3) is 0 Å². The summed E-state index contributed by atoms with van der Waals surface area (Å²) >= 11 is 0. The summed E-state index contributed by atoms with van der Waals surface area (Å²) in [6, 6.07) is 8.55. The number of likely N-dealkylation sites (tertiary alicyclic amines) is 2. The molecule has 9 saturated heterocycles. The van der Waals surface area contributed by atoms with Crippen LogP contribution in [0.1, 0.15) is 224 Å². The van der Waals surface area contributed by atoms with Crippen molar-refractivity contribution in [1.29, 1.82) is 0 Å². The molecule has 9 heterocycles. The highest BCUT2D eigenvalue weighted by Crippen LogP contribution is 2.38. The summed E-state index contributed by atoms with van der Waals surface area (Å²) in [7, 11) is 0. The lowest BCUT2D eigenvalue weighted by atomic mass is 9.99. The van der Waals surface area contributed by atoms with Gasteiger partial charge in [-0.05, 0) is 146 Å². The quantitative estimate of drug-likeness (QED) is 0.290. The minimum Gasteiger partial charge on any atom is -0.337 e. The third-order valence-corrected chi connectivity index (χ3v) is 16.1. The molecule has 9 aliphatic heterocycles. The summed E-state index contributed by atoms with van der Waals surface area (Å²) in [5.41, 5.74) is 0. The predicted octanol–water partition coefficient (Wildman–Crippen LogP) is 12.2. The Labute approximate surface area is 441 Å². The van der Waals surface area contributed by atoms with E-state index in [-0.39, 0.29) is 14.9 Å². The van der Waals surface area contributed by atoms with Gasteiger partial charge in [0.15, 0.2) is 0 Å². The molecule has 0 aromatic carbocycles. The average molecular weight is 995 g/mol. The minimum atomic E-state index is 0. The van der Waals surface area contributed by atoms with Crippen LogP contribution >= 0.6 is 0 Å². The molecule has 10 heteroatoms. The minimum absolute atomic E-state index is 0. The number of nitrogens with one attached hydrogen (secondary N) is 1. The van der Waals surface area contributed by atoms with Crippen LogP contribution in [-0.2, 0) is 4.79 Å². The lowest BCUT2D eigenvalue weighted by Crippen LogP contribution is -2.56. The number of carbonyl (C=O) groups is 1. The van der Waals surface area contributed by atoms with E-state index in [0.717, 1.165) is 92.8 Å². The normalized spacial score (nSPS) is 29.0. The van der Waals surface area contributed by atoms with Gasteiger partial charge in [0.1, 0.15) is 0 Å². The second-order valence-corrected chi connectivity index (χ2v) is 21.5. The summed E-state index contributed by atoms with van der Waals surface area (Å²) in [6.45, 7) is 60.5. The van der Waals surface area contributed by atoms with Crippen LogP contribution in [0, 0.1) is 5.92 Å². The maximum atomic E-state index is 11.4. The van der Waals surface area contributed by atoms with Crippen molar-refractivity contribution in [3.8, 4) is 0 Å². The molecule has 0 aromatic rings. The Morgan fingerprint density at radius 1 is 0.414 bits per heavy atom. The Kier molecular flexibility index (Phi) is 40.2. The van der Waals surface area contributed by atoms with E-state index in [1.807, 2.05) is 69.2 Å². The standard InChI is InChI=1S/C11H22N2.C10H18N2O.C10H20N2.C9H17N.C8H16N2.5C2H6.2CH4/c1-10(2)13-8-7-12-6-4-3-5-11(12)9-13;1-8(2)11-5-6-12-9(7-11)3-4-10(12)13;1-9(2)12-7-6-11-5-3-4-10(11)8-12;1-7(2)10-6-8-3-4-9(10)5-8;1-6(2)10-5-7-3-8(10)4-9-7;5*1-2;;/h10-11H,3-9H2,1-2H3;8-9H,3-7H2,1-2H3;9-10H,3-8H2,1-2H3;7-9H,3-6H2,1-2H3;6-9H,3-5H2,1-2H3;5*1-2H3;2*1H4. The number of rotatable bonds is 5. The molecular weight excluding hydrogens is 863 g/mol. The molecule has 70 heavy (non-hydrogen) atoms. The molecule has 10 fully saturated rings. The monoisotopic (exact) mass is 994 g/mol. The summed E-state index contributed by atoms with van der Waals surface area (Å²) in [5.74, 6) is 1.43. The first-order valence-corrected chi connectivity index (χ1v) is 30.0. The van der Waals surface area contributed by atoms with Gasteiger partial charge in [0.2, 0.25) is 5.91 Å². The molecular formula is C60H131N9O. The lowest BCUT2D eigenvalue weighted by Gasteiger charge is -2.45. The van der Waals surface area contributed by atoms with Gasteiger partial charge in [0.05, 0.1) is 0 Å². The number of hydrogen-bond acceptors (Lipinski definition) is 9. The molecule has 1 N–H and O–H groups in total. The zero-order valence-electron chi connectivity index (χ0n) is 49.6. The first-order chi connectivity index (χ1) is 32.8. The molecule has 4 bridgehead atoms. The smallest absolute Gasteiger partial charge is 0.222 e. The van der Waals surface area contributed by atoms with Crippen molar-refractivity contribution in [2.24, 2.45) is 5.92 Å². The summed E-state index contributed by atoms with van der Waals surface area (Å²) in [6.07, 6.45) is 14.9. The zero-order chi connectivity index (χ0) is 51.5. The predicted molar refractivity (Wildman–Crippen MR) is 314 cm³/mol. The third kappa shape index (κ3) is 22.6. The van der Waals surface area contributed by atoms with Crippen LogP contribution in [-0.4, -0.2) is 203 Å². The van der Waals surface area contributed by atoms with E-state index in [4.69, 9.17) is 0 Å². The fraction of sp³-hybridized carbons (Fsp3) is 0.983. The van der Waals surface area contributed by atoms with Gasteiger partial charge in [-0.1, -0.05) is 90.5 Å². The summed E-state index contributed by atoms with van der Waals surface area (Å²) < 4.78 is 0. The molecule has 0 aromatic heterocycles. The van der Waals surface area contributed by atoms with Gasteiger partial charge in [-0.15, -0.1) is 0 Å². The second kappa shape index (κ2) is 39.5. The highest BCUT2D eigenvalue weighted by molar-refractivity contribution is 5.78. The largest absolute Gasteiger partial charge is 0.337 e. The Morgan fingerprint density at radius 3 is 1.26 bits per heavy atom. The van der Waals surface area contributed by atoms with Crippen LogP contribution in [0.4, 0.5) is 0 Å². The van der Waals surface area contributed by atoms with E-state index in [2.05, 4.69) is 114 Å². The van der Waals surface area contributed by atoms with Gasteiger partial charge in [0, 0.05) is 151 Å². The van der Waals surface area contributed by atoms with Crippen molar-refractivity contribution in [2.75, 3.05) is 91.6 Å². The number of carbonyl (C=O) groups excluding carboxylic acids is 1. The Morgan fingerprint density at radius 2 is 0.871 bits per heavy atom. The van der Waals surface area contributed by atoms with Crippen LogP contribution < -0.4 is 5.32 Å². The second-order valence-electron chi connectivity index (χ2n) is 21.5. The van der Waals surface area contributed by atoms with Crippen molar-refractivity contribution in [2.45, 2.75) is 290 Å². The molecule has 7 atom stereocenters. The lowest BCUT2D eigenvalue weighted by molar-refractivity contribution is -0.130. The van der Waals surface area contributed by atoms with Gasteiger partial charge in [-0.2, -0.15) is 0 Å². The number of fused-ring (bicyclic) bond motifs is 7. The molecule has 1 aliphatic carbocycles. The zero-order valence-corrected chi connectivity index (χ0v) is 49.6. The Bertz CT molecular complexity index is 1200. The van der Waals surface area contributed by atoms with Crippen molar-refractivity contribution >= 4 is 5.91 Å². The van der Waals surface area contributed by atoms with Gasteiger partial charge >= 0.3 is 0 Å². The summed E-state index contributed by atoms with van der Waals surface area (Å²) in [4.78, 5) is 31.8. The van der Waals surface area contributed by atoms with E-state index in [1.54, 1.807) is 0 Å². The first-order valence-electron chi connectivity index (χ1n) is 30.0. The third-order valence-electron chi connectivity index (χ3n) is 16.1. The van der Waals surface area contributed by atoms with E-state index in [0.29, 0.717) is 18.0 Å². The van der Waals surface area contributed by atoms with Gasteiger partial charge < -0.3 is 10.2 Å². The summed E-state index contributed by atoms with van der Waals surface area (Å²) in [5, 5.41) is 3.50. The maximum absolute atomic E-state index is 11.4. The molecule has 422 valence electrons. The fourth-order valence-corrected chi connectivity index (χ4v) is 12.3. The van der Waals surface area contributed by atoms with E-state index < -0.39 is 0 Å². The van der Waals surface area contributed by atoms with Gasteiger partial charge in [-0.3, -0.25) is 39.1 Å². The SMILES string of the molecule is C.C.CC.CC.CC.CC.CC.CC(C)N1CC2CC1CN2.CC(C)N1CC2CCC1C2.CC(C)N1CCN2C(=O)CCC2C1.CC(C)N1CCN2CCCC2C1.CC(C)N1CCN2CCCCC2C1. The average Bonchev–Trinajstić information content (AvgIpc) is 4.27. The molecule has 1 amide bonds. The van der Waals surface area contributed by atoms with Crippen LogP contribution in [0.3, 0.4) is 0 Å². The Hall–Kier alpha value is -0.850. The van der Waals surface area contributed by atoms with Crippen molar-refractivity contribution in [3.05, 3.63) is 0 Å². The Balaban J connectivity index is 0. The van der Waals surface area contributed by atoms with Crippen LogP contribution in [0.2, 0.25) is 0 Å². The van der Waals surface area contributed by atoms with E-state index >= 15 is 0 Å². The number of hydrogen-bond donors (Lipinski definition) is 1. The molecule has 1 saturated carbocycles. The molecule has 10 nitrogen and oxygen atoms in total. The molecule has 10 rings (SSSR count). The topological polar surface area (TPSA) is 55.0 Å². The number of piperidine rings is 2.